The number of hydrogen-bond donors (Lipinski definition) is 1. The van der Waals surface area contributed by atoms with Crippen molar-refractivity contribution in [3.05, 3.63) is 35.9 Å². The third-order valence-electron chi connectivity index (χ3n) is 2.62. The van der Waals surface area contributed by atoms with Crippen molar-refractivity contribution in [2.45, 2.75) is 52.2 Å². The Kier molecular flexibility index (Phi) is 5.74. The fourth-order valence-electron chi connectivity index (χ4n) is 1.67. The molecule has 1 N–H and O–H groups in total. The summed E-state index contributed by atoms with van der Waals surface area (Å²) in [5.74, 6) is -0.558. The summed E-state index contributed by atoms with van der Waals surface area (Å²) >= 11 is 0. The molecular formula is C16H23NO3. The minimum absolute atomic E-state index is 0.146. The molecule has 1 rings (SSSR count). The predicted octanol–water partition coefficient (Wildman–Crippen LogP) is 2.47. The van der Waals surface area contributed by atoms with Gasteiger partial charge in [-0.2, -0.15) is 0 Å². The Hall–Kier alpha value is -1.84. The van der Waals surface area contributed by atoms with Gasteiger partial charge in [0, 0.05) is 6.42 Å². The molecule has 0 fully saturated rings. The Labute approximate surface area is 120 Å². The van der Waals surface area contributed by atoms with Crippen LogP contribution >= 0.6 is 0 Å². The lowest BCUT2D eigenvalue weighted by atomic mass is 10.1. The first kappa shape index (κ1) is 16.2. The molecule has 0 aliphatic rings. The van der Waals surface area contributed by atoms with E-state index in [9.17, 15) is 9.59 Å². The molecule has 0 aliphatic heterocycles. The first-order valence-electron chi connectivity index (χ1n) is 6.84. The van der Waals surface area contributed by atoms with Gasteiger partial charge in [0.2, 0.25) is 5.91 Å². The van der Waals surface area contributed by atoms with Crippen LogP contribution in [0.2, 0.25) is 0 Å². The fourth-order valence-corrected chi connectivity index (χ4v) is 1.67. The van der Waals surface area contributed by atoms with Crippen molar-refractivity contribution >= 4 is 11.9 Å². The standard InChI is InChI=1S/C16H23NO3/c1-12(15(19)20-16(2,3)4)17-14(18)11-10-13-8-6-5-7-9-13/h5-9,12H,10-11H2,1-4H3,(H,17,18)/t12-/m1/s1. The van der Waals surface area contributed by atoms with Crippen LogP contribution in [0.5, 0.6) is 0 Å². The van der Waals surface area contributed by atoms with Gasteiger partial charge < -0.3 is 10.1 Å². The molecule has 0 heterocycles. The van der Waals surface area contributed by atoms with Crippen LogP contribution in [-0.4, -0.2) is 23.5 Å². The third kappa shape index (κ3) is 6.36. The highest BCUT2D eigenvalue weighted by molar-refractivity contribution is 5.84. The number of benzene rings is 1. The van der Waals surface area contributed by atoms with E-state index in [0.717, 1.165) is 5.56 Å². The van der Waals surface area contributed by atoms with Crippen molar-refractivity contribution in [3.8, 4) is 0 Å². The molecule has 0 saturated carbocycles. The zero-order valence-electron chi connectivity index (χ0n) is 12.6. The van der Waals surface area contributed by atoms with Crippen LogP contribution in [0, 0.1) is 0 Å². The molecule has 0 aromatic heterocycles. The Morgan fingerprint density at radius 2 is 1.80 bits per heavy atom. The Balaban J connectivity index is 2.36. The molecule has 20 heavy (non-hydrogen) atoms. The van der Waals surface area contributed by atoms with Gasteiger partial charge in [-0.1, -0.05) is 30.3 Å². The van der Waals surface area contributed by atoms with E-state index in [2.05, 4.69) is 5.32 Å². The van der Waals surface area contributed by atoms with Gasteiger partial charge in [0.1, 0.15) is 11.6 Å². The molecule has 1 aromatic rings. The summed E-state index contributed by atoms with van der Waals surface area (Å²) in [6.45, 7) is 7.03. The smallest absolute Gasteiger partial charge is 0.328 e. The van der Waals surface area contributed by atoms with Gasteiger partial charge >= 0.3 is 5.97 Å². The van der Waals surface area contributed by atoms with E-state index in [1.54, 1.807) is 27.7 Å². The number of rotatable bonds is 5. The van der Waals surface area contributed by atoms with E-state index in [1.165, 1.54) is 0 Å². The summed E-state index contributed by atoms with van der Waals surface area (Å²) in [6, 6.07) is 9.15. The quantitative estimate of drug-likeness (QED) is 0.841. The summed E-state index contributed by atoms with van der Waals surface area (Å²) in [7, 11) is 0. The van der Waals surface area contributed by atoms with E-state index in [-0.39, 0.29) is 5.91 Å². The van der Waals surface area contributed by atoms with Gasteiger partial charge in [-0.25, -0.2) is 4.79 Å². The van der Waals surface area contributed by atoms with Gasteiger partial charge in [0.15, 0.2) is 0 Å². The van der Waals surface area contributed by atoms with Crippen molar-refractivity contribution in [2.75, 3.05) is 0 Å². The largest absolute Gasteiger partial charge is 0.458 e. The van der Waals surface area contributed by atoms with E-state index >= 15 is 0 Å². The van der Waals surface area contributed by atoms with Gasteiger partial charge in [-0.15, -0.1) is 0 Å². The van der Waals surface area contributed by atoms with Crippen LogP contribution in [0.4, 0.5) is 0 Å². The molecule has 0 bridgehead atoms. The van der Waals surface area contributed by atoms with Gasteiger partial charge in [0.05, 0.1) is 0 Å². The lowest BCUT2D eigenvalue weighted by molar-refractivity contribution is -0.158. The first-order chi connectivity index (χ1) is 9.28. The molecule has 1 amide bonds. The zero-order valence-corrected chi connectivity index (χ0v) is 12.6. The Bertz CT molecular complexity index is 449. The highest BCUT2D eigenvalue weighted by Gasteiger charge is 2.22. The third-order valence-corrected chi connectivity index (χ3v) is 2.62. The molecule has 0 radical (unpaired) electrons. The number of aryl methyl sites for hydroxylation is 1. The van der Waals surface area contributed by atoms with Crippen molar-refractivity contribution < 1.29 is 14.3 Å². The SMILES string of the molecule is C[C@@H](NC(=O)CCc1ccccc1)C(=O)OC(C)(C)C. The Morgan fingerprint density at radius 3 is 2.35 bits per heavy atom. The van der Waals surface area contributed by atoms with Gasteiger partial charge in [-0.3, -0.25) is 4.79 Å². The van der Waals surface area contributed by atoms with E-state index < -0.39 is 17.6 Å². The van der Waals surface area contributed by atoms with Crippen molar-refractivity contribution in [1.82, 2.24) is 5.32 Å². The average Bonchev–Trinajstić information content (AvgIpc) is 2.35. The predicted molar refractivity (Wildman–Crippen MR) is 78.2 cm³/mol. The lowest BCUT2D eigenvalue weighted by Crippen LogP contribution is -2.42. The topological polar surface area (TPSA) is 55.4 Å². The van der Waals surface area contributed by atoms with E-state index in [0.29, 0.717) is 12.8 Å². The van der Waals surface area contributed by atoms with Crippen LogP contribution in [0.15, 0.2) is 30.3 Å². The maximum absolute atomic E-state index is 11.8. The number of hydrogen-bond acceptors (Lipinski definition) is 3. The highest BCUT2D eigenvalue weighted by atomic mass is 16.6. The second-order valence-electron chi connectivity index (χ2n) is 5.81. The highest BCUT2D eigenvalue weighted by Crippen LogP contribution is 2.08. The second kappa shape index (κ2) is 7.08. The van der Waals surface area contributed by atoms with Crippen LogP contribution in [0.3, 0.4) is 0 Å². The molecule has 0 spiro atoms. The van der Waals surface area contributed by atoms with Crippen LogP contribution < -0.4 is 5.32 Å². The molecule has 1 aromatic carbocycles. The summed E-state index contributed by atoms with van der Waals surface area (Å²) < 4.78 is 5.21. The summed E-state index contributed by atoms with van der Waals surface area (Å²) in [4.78, 5) is 23.5. The monoisotopic (exact) mass is 277 g/mol. The van der Waals surface area contributed by atoms with Crippen molar-refractivity contribution in [2.24, 2.45) is 0 Å². The van der Waals surface area contributed by atoms with Gasteiger partial charge in [-0.05, 0) is 39.7 Å². The van der Waals surface area contributed by atoms with E-state index in [1.807, 2.05) is 30.3 Å². The maximum atomic E-state index is 11.8. The Morgan fingerprint density at radius 1 is 1.20 bits per heavy atom. The second-order valence-corrected chi connectivity index (χ2v) is 5.81. The molecule has 110 valence electrons. The number of amides is 1. The minimum atomic E-state index is -0.627. The van der Waals surface area contributed by atoms with E-state index in [4.69, 9.17) is 4.74 Å². The number of nitrogens with one attached hydrogen (secondary N) is 1. The first-order valence-corrected chi connectivity index (χ1v) is 6.84. The van der Waals surface area contributed by atoms with Crippen molar-refractivity contribution in [1.29, 1.82) is 0 Å². The maximum Gasteiger partial charge on any atom is 0.328 e. The van der Waals surface area contributed by atoms with Crippen molar-refractivity contribution in [3.63, 3.8) is 0 Å². The fraction of sp³-hybridized carbons (Fsp3) is 0.500. The normalized spacial score (nSPS) is 12.6. The molecular weight excluding hydrogens is 254 g/mol. The van der Waals surface area contributed by atoms with Crippen LogP contribution in [-0.2, 0) is 20.7 Å². The molecule has 1 atom stereocenters. The number of carbonyl (C=O) groups excluding carboxylic acids is 2. The zero-order chi connectivity index (χ0) is 15.2. The minimum Gasteiger partial charge on any atom is -0.458 e. The van der Waals surface area contributed by atoms with Crippen LogP contribution in [0.25, 0.3) is 0 Å². The molecule has 4 heteroatoms. The summed E-state index contributed by atoms with van der Waals surface area (Å²) in [5.41, 5.74) is 0.563. The van der Waals surface area contributed by atoms with Crippen LogP contribution in [0.1, 0.15) is 39.7 Å². The van der Waals surface area contributed by atoms with Gasteiger partial charge in [0.25, 0.3) is 0 Å². The number of esters is 1. The molecule has 0 saturated heterocycles. The molecule has 0 unspecified atom stereocenters. The lowest BCUT2D eigenvalue weighted by Gasteiger charge is -2.22. The molecule has 4 nitrogen and oxygen atoms in total. The average molecular weight is 277 g/mol. The molecule has 0 aliphatic carbocycles. The number of ether oxygens (including phenoxy) is 1. The summed E-state index contributed by atoms with van der Waals surface area (Å²) in [6.07, 6.45) is 1.02. The number of carbonyl (C=O) groups is 2. The summed E-state index contributed by atoms with van der Waals surface area (Å²) in [5, 5.41) is 2.66.